The van der Waals surface area contributed by atoms with Crippen LogP contribution in [0, 0.1) is 0 Å². The average Bonchev–Trinajstić information content (AvgIpc) is 3.35. The molecule has 6 heteroatoms. The largest absolute Gasteiger partial charge is 0.486 e. The SMILES string of the molecule is c1ccc(OCc2nc3c4c(ncn3n2)Oc2c(ccc3ccccc23)C4c2ccccc2)cc1. The molecule has 0 amide bonds. The zero-order chi connectivity index (χ0) is 23.2. The zero-order valence-corrected chi connectivity index (χ0v) is 18.7. The van der Waals surface area contributed by atoms with Crippen LogP contribution >= 0.6 is 0 Å². The summed E-state index contributed by atoms with van der Waals surface area (Å²) >= 11 is 0. The van der Waals surface area contributed by atoms with Gasteiger partial charge in [-0.05, 0) is 23.1 Å². The molecular formula is C29H20N4O2. The lowest BCUT2D eigenvalue weighted by atomic mass is 9.83. The van der Waals surface area contributed by atoms with Gasteiger partial charge in [0.1, 0.15) is 24.4 Å². The molecule has 0 bridgehead atoms. The normalized spacial score (nSPS) is 14.3. The van der Waals surface area contributed by atoms with E-state index in [0.717, 1.165) is 39.0 Å². The van der Waals surface area contributed by atoms with Crippen molar-refractivity contribution in [2.75, 3.05) is 0 Å². The predicted molar refractivity (Wildman–Crippen MR) is 133 cm³/mol. The van der Waals surface area contributed by atoms with Crippen molar-refractivity contribution in [3.8, 4) is 17.4 Å². The molecule has 1 unspecified atom stereocenters. The zero-order valence-electron chi connectivity index (χ0n) is 18.7. The van der Waals surface area contributed by atoms with Gasteiger partial charge in [-0.2, -0.15) is 0 Å². The lowest BCUT2D eigenvalue weighted by molar-refractivity contribution is 0.296. The summed E-state index contributed by atoms with van der Waals surface area (Å²) in [6.07, 6.45) is 1.66. The Hall–Kier alpha value is -4.71. The number of hydrogen-bond donors (Lipinski definition) is 0. The highest BCUT2D eigenvalue weighted by Crippen LogP contribution is 2.50. The predicted octanol–water partition coefficient (Wildman–Crippen LogP) is 6.14. The molecular weight excluding hydrogens is 436 g/mol. The summed E-state index contributed by atoms with van der Waals surface area (Å²) in [6.45, 7) is 0.262. The Morgan fingerprint density at radius 3 is 2.46 bits per heavy atom. The van der Waals surface area contributed by atoms with Crippen LogP contribution in [0.15, 0.2) is 103 Å². The van der Waals surface area contributed by atoms with Gasteiger partial charge in [-0.3, -0.25) is 0 Å². The summed E-state index contributed by atoms with van der Waals surface area (Å²) in [5.74, 6) is 2.66. The fourth-order valence-electron chi connectivity index (χ4n) is 4.81. The van der Waals surface area contributed by atoms with Crippen molar-refractivity contribution in [3.63, 3.8) is 0 Å². The van der Waals surface area contributed by atoms with Crippen LogP contribution in [0.5, 0.6) is 17.4 Å². The Bertz CT molecular complexity index is 1680. The fraction of sp³-hybridized carbons (Fsp3) is 0.0690. The molecule has 1 atom stereocenters. The van der Waals surface area contributed by atoms with E-state index < -0.39 is 0 Å². The number of aromatic nitrogens is 4. The van der Waals surface area contributed by atoms with Crippen molar-refractivity contribution >= 4 is 16.4 Å². The Labute approximate surface area is 201 Å². The molecule has 2 aromatic heterocycles. The van der Waals surface area contributed by atoms with Crippen molar-refractivity contribution < 1.29 is 9.47 Å². The molecule has 35 heavy (non-hydrogen) atoms. The van der Waals surface area contributed by atoms with Crippen LogP contribution in [0.2, 0.25) is 0 Å². The molecule has 0 saturated carbocycles. The Morgan fingerprint density at radius 2 is 1.60 bits per heavy atom. The van der Waals surface area contributed by atoms with Gasteiger partial charge in [0.25, 0.3) is 0 Å². The summed E-state index contributed by atoms with van der Waals surface area (Å²) in [7, 11) is 0. The molecule has 7 rings (SSSR count). The van der Waals surface area contributed by atoms with E-state index in [4.69, 9.17) is 14.5 Å². The standard InChI is InChI=1S/C29H20N4O2/c1-3-10-20(11-4-1)25-23-16-15-19-9-7-8-14-22(19)27(23)35-29-26(25)28-31-24(32-33(28)18-30-29)17-34-21-12-5-2-6-13-21/h1-16,18,25H,17H2. The first kappa shape index (κ1) is 19.7. The fourth-order valence-corrected chi connectivity index (χ4v) is 4.81. The maximum absolute atomic E-state index is 6.47. The van der Waals surface area contributed by atoms with E-state index >= 15 is 0 Å². The van der Waals surface area contributed by atoms with Crippen LogP contribution in [-0.2, 0) is 6.61 Å². The third kappa shape index (κ3) is 3.30. The highest BCUT2D eigenvalue weighted by molar-refractivity contribution is 5.91. The van der Waals surface area contributed by atoms with Crippen LogP contribution in [0.3, 0.4) is 0 Å². The highest BCUT2D eigenvalue weighted by Gasteiger charge is 2.34. The van der Waals surface area contributed by atoms with Gasteiger partial charge >= 0.3 is 0 Å². The summed E-state index contributed by atoms with van der Waals surface area (Å²) in [5.41, 5.74) is 3.85. The van der Waals surface area contributed by atoms with Crippen molar-refractivity contribution in [2.45, 2.75) is 12.5 Å². The van der Waals surface area contributed by atoms with Crippen molar-refractivity contribution in [1.29, 1.82) is 0 Å². The minimum atomic E-state index is -0.0946. The first-order valence-electron chi connectivity index (χ1n) is 11.5. The van der Waals surface area contributed by atoms with Gasteiger partial charge in [-0.15, -0.1) is 5.10 Å². The van der Waals surface area contributed by atoms with E-state index in [1.54, 1.807) is 10.8 Å². The van der Waals surface area contributed by atoms with Crippen LogP contribution in [0.1, 0.15) is 28.4 Å². The number of ether oxygens (including phenoxy) is 2. The number of rotatable bonds is 4. The summed E-state index contributed by atoms with van der Waals surface area (Å²) < 4.78 is 14.1. The molecule has 3 heterocycles. The lowest BCUT2D eigenvalue weighted by Crippen LogP contribution is -2.15. The van der Waals surface area contributed by atoms with E-state index in [9.17, 15) is 0 Å². The molecule has 0 radical (unpaired) electrons. The van der Waals surface area contributed by atoms with Crippen LogP contribution in [0.4, 0.5) is 0 Å². The van der Waals surface area contributed by atoms with Crippen molar-refractivity contribution in [3.05, 3.63) is 126 Å². The monoisotopic (exact) mass is 456 g/mol. The van der Waals surface area contributed by atoms with Gasteiger partial charge in [0.15, 0.2) is 11.5 Å². The Balaban J connectivity index is 1.39. The molecule has 1 aliphatic heterocycles. The number of para-hydroxylation sites is 1. The van der Waals surface area contributed by atoms with Gasteiger partial charge < -0.3 is 9.47 Å². The van der Waals surface area contributed by atoms with Gasteiger partial charge in [-0.25, -0.2) is 14.5 Å². The second-order valence-corrected chi connectivity index (χ2v) is 8.51. The summed E-state index contributed by atoms with van der Waals surface area (Å²) in [4.78, 5) is 9.52. The first-order valence-corrected chi connectivity index (χ1v) is 11.5. The maximum atomic E-state index is 6.47. The van der Waals surface area contributed by atoms with Gasteiger partial charge in [-0.1, -0.05) is 84.9 Å². The molecule has 0 N–H and O–H groups in total. The molecule has 6 nitrogen and oxygen atoms in total. The van der Waals surface area contributed by atoms with Crippen LogP contribution < -0.4 is 9.47 Å². The maximum Gasteiger partial charge on any atom is 0.228 e. The van der Waals surface area contributed by atoms with Gasteiger partial charge in [0.05, 0.1) is 5.56 Å². The number of nitrogens with zero attached hydrogens (tertiary/aromatic N) is 4. The molecule has 168 valence electrons. The molecule has 0 fully saturated rings. The number of hydrogen-bond acceptors (Lipinski definition) is 5. The Morgan fingerprint density at radius 1 is 0.829 bits per heavy atom. The smallest absolute Gasteiger partial charge is 0.228 e. The molecule has 0 spiro atoms. The topological polar surface area (TPSA) is 61.5 Å². The minimum absolute atomic E-state index is 0.0946. The third-order valence-electron chi connectivity index (χ3n) is 6.38. The van der Waals surface area contributed by atoms with Gasteiger partial charge in [0, 0.05) is 16.9 Å². The lowest BCUT2D eigenvalue weighted by Gasteiger charge is -2.28. The minimum Gasteiger partial charge on any atom is -0.486 e. The molecule has 1 aliphatic rings. The van der Waals surface area contributed by atoms with E-state index in [2.05, 4.69) is 58.6 Å². The molecule has 0 saturated heterocycles. The second kappa shape index (κ2) is 7.95. The molecule has 0 aliphatic carbocycles. The highest BCUT2D eigenvalue weighted by atomic mass is 16.5. The van der Waals surface area contributed by atoms with Crippen LogP contribution in [-0.4, -0.2) is 19.6 Å². The number of fused-ring (bicyclic) bond motifs is 6. The summed E-state index contributed by atoms with van der Waals surface area (Å²) in [6, 6.07) is 32.6. The van der Waals surface area contributed by atoms with Crippen LogP contribution in [0.25, 0.3) is 16.4 Å². The van der Waals surface area contributed by atoms with Crippen molar-refractivity contribution in [1.82, 2.24) is 19.6 Å². The van der Waals surface area contributed by atoms with E-state index in [0.29, 0.717) is 17.4 Å². The third-order valence-corrected chi connectivity index (χ3v) is 6.38. The quantitative estimate of drug-likeness (QED) is 0.318. The Kier molecular flexibility index (Phi) is 4.48. The summed E-state index contributed by atoms with van der Waals surface area (Å²) in [5, 5.41) is 6.83. The first-order chi connectivity index (χ1) is 17.3. The van der Waals surface area contributed by atoms with E-state index in [1.165, 1.54) is 0 Å². The van der Waals surface area contributed by atoms with E-state index in [-0.39, 0.29) is 12.5 Å². The van der Waals surface area contributed by atoms with Crippen molar-refractivity contribution in [2.24, 2.45) is 0 Å². The van der Waals surface area contributed by atoms with Gasteiger partial charge in [0.2, 0.25) is 5.88 Å². The molecule has 4 aromatic carbocycles. The molecule has 6 aromatic rings. The number of benzene rings is 4. The van der Waals surface area contributed by atoms with E-state index in [1.807, 2.05) is 48.5 Å². The second-order valence-electron chi connectivity index (χ2n) is 8.51. The average molecular weight is 457 g/mol.